The normalized spacial score (nSPS) is 10.5. The van der Waals surface area contributed by atoms with E-state index in [1.165, 1.54) is 12.3 Å². The second-order valence-electron chi connectivity index (χ2n) is 5.66. The van der Waals surface area contributed by atoms with Crippen LogP contribution in [0.5, 0.6) is 5.75 Å². The van der Waals surface area contributed by atoms with Crippen LogP contribution in [0.2, 0.25) is 0 Å². The van der Waals surface area contributed by atoms with E-state index in [0.29, 0.717) is 16.8 Å². The first-order chi connectivity index (χ1) is 13.1. The van der Waals surface area contributed by atoms with Crippen molar-refractivity contribution in [2.24, 2.45) is 5.10 Å². The van der Waals surface area contributed by atoms with Crippen LogP contribution >= 0.6 is 0 Å². The Labute approximate surface area is 156 Å². The molecule has 0 aromatic heterocycles. The van der Waals surface area contributed by atoms with E-state index in [2.05, 4.69) is 15.8 Å². The number of phenolic OH excluding ortho intramolecular Hbond substituents is 1. The van der Waals surface area contributed by atoms with E-state index in [4.69, 9.17) is 0 Å². The molecular weight excluding hydrogens is 342 g/mol. The molecule has 6 heteroatoms. The summed E-state index contributed by atoms with van der Waals surface area (Å²) in [6, 6.07) is 21.9. The van der Waals surface area contributed by atoms with E-state index in [1.54, 1.807) is 66.7 Å². The fraction of sp³-hybridized carbons (Fsp3) is 0. The second kappa shape index (κ2) is 8.44. The number of hydrazone groups is 1. The van der Waals surface area contributed by atoms with Gasteiger partial charge in [0.1, 0.15) is 5.75 Å². The number of anilines is 1. The van der Waals surface area contributed by atoms with E-state index < -0.39 is 5.91 Å². The summed E-state index contributed by atoms with van der Waals surface area (Å²) in [5.74, 6) is -0.659. The minimum absolute atomic E-state index is 0.110. The minimum atomic E-state index is -0.463. The zero-order valence-corrected chi connectivity index (χ0v) is 14.3. The van der Waals surface area contributed by atoms with Gasteiger partial charge in [-0.1, -0.05) is 42.5 Å². The number of rotatable bonds is 5. The Morgan fingerprint density at radius 2 is 1.59 bits per heavy atom. The van der Waals surface area contributed by atoms with Gasteiger partial charge in [-0.2, -0.15) is 5.10 Å². The number of hydrogen-bond acceptors (Lipinski definition) is 4. The van der Waals surface area contributed by atoms with Gasteiger partial charge in [0, 0.05) is 5.56 Å². The third-order valence-corrected chi connectivity index (χ3v) is 3.71. The van der Waals surface area contributed by atoms with Gasteiger partial charge in [0.2, 0.25) is 0 Å². The molecule has 2 amide bonds. The zero-order valence-electron chi connectivity index (χ0n) is 14.3. The molecule has 6 nitrogen and oxygen atoms in total. The molecule has 3 N–H and O–H groups in total. The molecule has 0 unspecified atom stereocenters. The number of aromatic hydroxyl groups is 1. The van der Waals surface area contributed by atoms with Gasteiger partial charge in [-0.15, -0.1) is 0 Å². The SMILES string of the molecule is O=C(Nc1ccccc1C(=O)N/N=C\c1cccc(O)c1)c1ccccc1. The lowest BCUT2D eigenvalue weighted by Crippen LogP contribution is -2.21. The van der Waals surface area contributed by atoms with E-state index in [1.807, 2.05) is 6.07 Å². The molecule has 134 valence electrons. The predicted octanol–water partition coefficient (Wildman–Crippen LogP) is 3.41. The van der Waals surface area contributed by atoms with E-state index in [9.17, 15) is 14.7 Å². The number of hydrogen-bond donors (Lipinski definition) is 3. The van der Waals surface area contributed by atoms with Crippen LogP contribution in [-0.4, -0.2) is 23.1 Å². The van der Waals surface area contributed by atoms with Gasteiger partial charge in [0.25, 0.3) is 11.8 Å². The number of carbonyl (C=O) groups excluding carboxylic acids is 2. The van der Waals surface area contributed by atoms with Crippen molar-refractivity contribution in [2.45, 2.75) is 0 Å². The van der Waals surface area contributed by atoms with Crippen molar-refractivity contribution in [3.8, 4) is 5.75 Å². The van der Waals surface area contributed by atoms with Crippen LogP contribution in [0.1, 0.15) is 26.3 Å². The van der Waals surface area contributed by atoms with Gasteiger partial charge in [-0.25, -0.2) is 5.43 Å². The highest BCUT2D eigenvalue weighted by atomic mass is 16.3. The van der Waals surface area contributed by atoms with Crippen molar-refractivity contribution >= 4 is 23.7 Å². The van der Waals surface area contributed by atoms with Crippen molar-refractivity contribution in [3.05, 3.63) is 95.6 Å². The van der Waals surface area contributed by atoms with E-state index in [-0.39, 0.29) is 17.2 Å². The molecule has 3 rings (SSSR count). The van der Waals surface area contributed by atoms with Crippen molar-refractivity contribution in [1.82, 2.24) is 5.43 Å². The number of phenols is 1. The Balaban J connectivity index is 1.71. The Morgan fingerprint density at radius 1 is 0.852 bits per heavy atom. The third kappa shape index (κ3) is 4.79. The first-order valence-electron chi connectivity index (χ1n) is 8.21. The van der Waals surface area contributed by atoms with E-state index in [0.717, 1.165) is 0 Å². The van der Waals surface area contributed by atoms with Gasteiger partial charge < -0.3 is 10.4 Å². The van der Waals surface area contributed by atoms with Crippen molar-refractivity contribution in [3.63, 3.8) is 0 Å². The molecule has 0 saturated carbocycles. The van der Waals surface area contributed by atoms with Gasteiger partial charge in [-0.05, 0) is 42.0 Å². The Bertz CT molecular complexity index is 985. The molecule has 0 aliphatic heterocycles. The van der Waals surface area contributed by atoms with Gasteiger partial charge >= 0.3 is 0 Å². The first-order valence-corrected chi connectivity index (χ1v) is 8.21. The summed E-state index contributed by atoms with van der Waals surface area (Å²) >= 11 is 0. The summed E-state index contributed by atoms with van der Waals surface area (Å²) in [7, 11) is 0. The summed E-state index contributed by atoms with van der Waals surface area (Å²) < 4.78 is 0. The van der Waals surface area contributed by atoms with Gasteiger partial charge in [-0.3, -0.25) is 9.59 Å². The van der Waals surface area contributed by atoms with Crippen LogP contribution in [0.15, 0.2) is 84.0 Å². The van der Waals surface area contributed by atoms with E-state index >= 15 is 0 Å². The van der Waals surface area contributed by atoms with Crippen molar-refractivity contribution in [2.75, 3.05) is 5.32 Å². The van der Waals surface area contributed by atoms with Gasteiger partial charge in [0.05, 0.1) is 17.5 Å². The molecule has 0 atom stereocenters. The highest BCUT2D eigenvalue weighted by molar-refractivity contribution is 6.09. The maximum Gasteiger partial charge on any atom is 0.273 e. The van der Waals surface area contributed by atoms with Crippen molar-refractivity contribution < 1.29 is 14.7 Å². The standard InChI is InChI=1S/C21H17N3O3/c25-17-10-6-7-15(13-17)14-22-24-21(27)18-11-4-5-12-19(18)23-20(26)16-8-2-1-3-9-16/h1-14,25H,(H,23,26)(H,24,27)/b22-14-. The number of para-hydroxylation sites is 1. The van der Waals surface area contributed by atoms with Crippen LogP contribution in [0.25, 0.3) is 0 Å². The number of nitrogens with zero attached hydrogens (tertiary/aromatic N) is 1. The third-order valence-electron chi connectivity index (χ3n) is 3.71. The van der Waals surface area contributed by atoms with Crippen LogP contribution in [0.3, 0.4) is 0 Å². The second-order valence-corrected chi connectivity index (χ2v) is 5.66. The molecule has 0 heterocycles. The monoisotopic (exact) mass is 359 g/mol. The Hall–Kier alpha value is -3.93. The molecule has 3 aromatic carbocycles. The molecular formula is C21H17N3O3. The maximum absolute atomic E-state index is 12.4. The van der Waals surface area contributed by atoms with Crippen LogP contribution in [-0.2, 0) is 0 Å². The fourth-order valence-corrected chi connectivity index (χ4v) is 2.40. The number of benzene rings is 3. The average Bonchev–Trinajstić information content (AvgIpc) is 2.69. The summed E-state index contributed by atoms with van der Waals surface area (Å²) in [4.78, 5) is 24.7. The quantitative estimate of drug-likeness (QED) is 0.482. The largest absolute Gasteiger partial charge is 0.508 e. The molecule has 0 bridgehead atoms. The summed E-state index contributed by atoms with van der Waals surface area (Å²) in [5.41, 5.74) is 4.23. The first kappa shape index (κ1) is 17.9. The smallest absolute Gasteiger partial charge is 0.273 e. The molecule has 0 aliphatic carbocycles. The number of carbonyl (C=O) groups is 2. The molecule has 0 fully saturated rings. The molecule has 0 aliphatic rings. The number of amides is 2. The van der Waals surface area contributed by atoms with Crippen LogP contribution in [0, 0.1) is 0 Å². The number of nitrogens with one attached hydrogen (secondary N) is 2. The fourth-order valence-electron chi connectivity index (χ4n) is 2.40. The highest BCUT2D eigenvalue weighted by Crippen LogP contribution is 2.16. The Morgan fingerprint density at radius 3 is 2.37 bits per heavy atom. The molecule has 0 saturated heterocycles. The summed E-state index contributed by atoms with van der Waals surface area (Å²) in [6.45, 7) is 0. The Kier molecular flexibility index (Phi) is 5.59. The molecule has 0 spiro atoms. The zero-order chi connectivity index (χ0) is 19.1. The lowest BCUT2D eigenvalue weighted by atomic mass is 10.1. The lowest BCUT2D eigenvalue weighted by molar-refractivity contribution is 0.0956. The minimum Gasteiger partial charge on any atom is -0.508 e. The maximum atomic E-state index is 12.4. The molecule has 3 aromatic rings. The molecule has 0 radical (unpaired) electrons. The van der Waals surface area contributed by atoms with Crippen molar-refractivity contribution in [1.29, 1.82) is 0 Å². The average molecular weight is 359 g/mol. The van der Waals surface area contributed by atoms with Crippen LogP contribution < -0.4 is 10.7 Å². The van der Waals surface area contributed by atoms with Gasteiger partial charge in [0.15, 0.2) is 0 Å². The highest BCUT2D eigenvalue weighted by Gasteiger charge is 2.13. The lowest BCUT2D eigenvalue weighted by Gasteiger charge is -2.10. The summed E-state index contributed by atoms with van der Waals surface area (Å²) in [5, 5.41) is 16.1. The molecule has 27 heavy (non-hydrogen) atoms. The topological polar surface area (TPSA) is 90.8 Å². The summed E-state index contributed by atoms with van der Waals surface area (Å²) in [6.07, 6.45) is 1.42. The predicted molar refractivity (Wildman–Crippen MR) is 104 cm³/mol. The van der Waals surface area contributed by atoms with Crippen LogP contribution in [0.4, 0.5) is 5.69 Å².